The average Bonchev–Trinajstić information content (AvgIpc) is 3.31. The van der Waals surface area contributed by atoms with Crippen LogP contribution in [0.1, 0.15) is 5.69 Å². The van der Waals surface area contributed by atoms with Crippen LogP contribution in [-0.4, -0.2) is 15.3 Å². The van der Waals surface area contributed by atoms with E-state index in [1.165, 1.54) is 0 Å². The molecule has 2 aromatic heterocycles. The van der Waals surface area contributed by atoms with Crippen molar-refractivity contribution >= 4 is 11.6 Å². The van der Waals surface area contributed by atoms with Gasteiger partial charge in [0.2, 0.25) is 5.82 Å². The number of benzene rings is 2. The van der Waals surface area contributed by atoms with E-state index in [-0.39, 0.29) is 12.7 Å². The van der Waals surface area contributed by atoms with Gasteiger partial charge in [0.15, 0.2) is 5.76 Å². The van der Waals surface area contributed by atoms with Crippen LogP contribution < -0.4 is 4.74 Å². The fraction of sp³-hybridized carbons (Fsp3) is 0.0556. The molecule has 6 nitrogen and oxygen atoms in total. The SMILES string of the molecule is Clc1ccccc1-c1noc(OCc2cc(-c3ccccc3)on2)n1. The number of hydrogen-bond donors (Lipinski definition) is 0. The number of halogens is 1. The van der Waals surface area contributed by atoms with Gasteiger partial charge in [-0.15, -0.1) is 0 Å². The fourth-order valence-electron chi connectivity index (χ4n) is 2.27. The summed E-state index contributed by atoms with van der Waals surface area (Å²) in [6.45, 7) is 0.153. The molecule has 2 heterocycles. The van der Waals surface area contributed by atoms with Crippen molar-refractivity contribution in [3.63, 3.8) is 0 Å². The largest absolute Gasteiger partial charge is 0.442 e. The molecule has 0 unspecified atom stereocenters. The molecule has 2 aromatic carbocycles. The molecular weight excluding hydrogens is 342 g/mol. The van der Waals surface area contributed by atoms with Crippen LogP contribution in [-0.2, 0) is 6.61 Å². The summed E-state index contributed by atoms with van der Waals surface area (Å²) in [7, 11) is 0. The lowest BCUT2D eigenvalue weighted by Gasteiger charge is -1.96. The lowest BCUT2D eigenvalue weighted by molar-refractivity contribution is 0.190. The van der Waals surface area contributed by atoms with Gasteiger partial charge in [0.25, 0.3) is 0 Å². The normalized spacial score (nSPS) is 10.8. The van der Waals surface area contributed by atoms with Crippen LogP contribution in [0.15, 0.2) is 69.7 Å². The Labute approximate surface area is 148 Å². The summed E-state index contributed by atoms with van der Waals surface area (Å²) in [5.74, 6) is 1.03. The molecule has 0 N–H and O–H groups in total. The van der Waals surface area contributed by atoms with Crippen molar-refractivity contribution in [2.45, 2.75) is 6.61 Å². The molecule has 4 aromatic rings. The third kappa shape index (κ3) is 3.39. The second-order valence-electron chi connectivity index (χ2n) is 5.20. The third-order valence-corrected chi connectivity index (χ3v) is 3.81. The Morgan fingerprint density at radius 2 is 1.72 bits per heavy atom. The van der Waals surface area contributed by atoms with E-state index in [9.17, 15) is 0 Å². The van der Waals surface area contributed by atoms with Crippen molar-refractivity contribution in [3.8, 4) is 28.8 Å². The minimum atomic E-state index is 0.0409. The van der Waals surface area contributed by atoms with E-state index < -0.39 is 0 Å². The average molecular weight is 354 g/mol. The van der Waals surface area contributed by atoms with E-state index in [1.807, 2.05) is 42.5 Å². The second-order valence-corrected chi connectivity index (χ2v) is 5.61. The predicted molar refractivity (Wildman–Crippen MR) is 91.0 cm³/mol. The summed E-state index contributed by atoms with van der Waals surface area (Å²) < 4.78 is 15.9. The molecule has 0 bridgehead atoms. The maximum atomic E-state index is 6.12. The van der Waals surface area contributed by atoms with Gasteiger partial charge in [0, 0.05) is 17.2 Å². The van der Waals surface area contributed by atoms with Gasteiger partial charge in [-0.05, 0) is 12.1 Å². The second kappa shape index (κ2) is 6.78. The van der Waals surface area contributed by atoms with Crippen LogP contribution >= 0.6 is 11.6 Å². The van der Waals surface area contributed by atoms with Crippen molar-refractivity contribution in [1.29, 1.82) is 0 Å². The molecule has 0 atom stereocenters. The first kappa shape index (κ1) is 15.4. The van der Waals surface area contributed by atoms with Crippen LogP contribution in [0, 0.1) is 0 Å². The zero-order chi connectivity index (χ0) is 17.1. The highest BCUT2D eigenvalue weighted by molar-refractivity contribution is 6.33. The topological polar surface area (TPSA) is 74.2 Å². The van der Waals surface area contributed by atoms with E-state index in [2.05, 4.69) is 15.3 Å². The monoisotopic (exact) mass is 353 g/mol. The van der Waals surface area contributed by atoms with Crippen LogP contribution in [0.2, 0.25) is 5.02 Å². The van der Waals surface area contributed by atoms with E-state index >= 15 is 0 Å². The summed E-state index contributed by atoms with van der Waals surface area (Å²) >= 11 is 6.12. The van der Waals surface area contributed by atoms with E-state index in [0.29, 0.717) is 27.9 Å². The maximum absolute atomic E-state index is 6.12. The van der Waals surface area contributed by atoms with Crippen molar-refractivity contribution in [3.05, 3.63) is 71.4 Å². The van der Waals surface area contributed by atoms with E-state index in [1.54, 1.807) is 18.2 Å². The maximum Gasteiger partial charge on any atom is 0.418 e. The molecule has 25 heavy (non-hydrogen) atoms. The van der Waals surface area contributed by atoms with Crippen LogP contribution in [0.5, 0.6) is 6.08 Å². The van der Waals surface area contributed by atoms with Gasteiger partial charge in [0.1, 0.15) is 12.3 Å². The van der Waals surface area contributed by atoms with Gasteiger partial charge in [-0.25, -0.2) is 0 Å². The molecule has 0 aliphatic carbocycles. The summed E-state index contributed by atoms with van der Waals surface area (Å²) in [5.41, 5.74) is 2.24. The van der Waals surface area contributed by atoms with E-state index in [4.69, 9.17) is 25.4 Å². The smallest absolute Gasteiger partial charge is 0.418 e. The van der Waals surface area contributed by atoms with Crippen LogP contribution in [0.3, 0.4) is 0 Å². The molecule has 4 rings (SSSR count). The molecule has 7 heteroatoms. The molecule has 0 saturated heterocycles. The number of hydrogen-bond acceptors (Lipinski definition) is 6. The van der Waals surface area contributed by atoms with Gasteiger partial charge in [-0.1, -0.05) is 64.4 Å². The number of ether oxygens (including phenoxy) is 1. The Morgan fingerprint density at radius 3 is 2.56 bits per heavy atom. The lowest BCUT2D eigenvalue weighted by atomic mass is 10.2. The molecule has 0 aliphatic heterocycles. The Bertz CT molecular complexity index is 982. The van der Waals surface area contributed by atoms with Crippen molar-refractivity contribution in [2.75, 3.05) is 0 Å². The molecule has 0 aliphatic rings. The van der Waals surface area contributed by atoms with Crippen LogP contribution in [0.4, 0.5) is 0 Å². The Morgan fingerprint density at radius 1 is 0.920 bits per heavy atom. The zero-order valence-electron chi connectivity index (χ0n) is 12.9. The highest BCUT2D eigenvalue weighted by Crippen LogP contribution is 2.26. The molecule has 0 radical (unpaired) electrons. The first-order valence-corrected chi connectivity index (χ1v) is 7.90. The molecule has 0 fully saturated rings. The van der Waals surface area contributed by atoms with Crippen molar-refractivity contribution < 1.29 is 13.8 Å². The quantitative estimate of drug-likeness (QED) is 0.521. The molecule has 0 amide bonds. The highest BCUT2D eigenvalue weighted by atomic mass is 35.5. The predicted octanol–water partition coefficient (Wildman–Crippen LogP) is 4.62. The van der Waals surface area contributed by atoms with Gasteiger partial charge >= 0.3 is 6.08 Å². The highest BCUT2D eigenvalue weighted by Gasteiger charge is 2.13. The number of aromatic nitrogens is 3. The van der Waals surface area contributed by atoms with Gasteiger partial charge in [-0.2, -0.15) is 4.98 Å². The van der Waals surface area contributed by atoms with Gasteiger partial charge < -0.3 is 9.26 Å². The lowest BCUT2D eigenvalue weighted by Crippen LogP contribution is -1.95. The summed E-state index contributed by atoms with van der Waals surface area (Å²) in [5, 5.41) is 8.39. The number of rotatable bonds is 5. The van der Waals surface area contributed by atoms with Gasteiger partial charge in [-0.3, -0.25) is 4.52 Å². The standard InChI is InChI=1S/C18H12ClN3O3/c19-15-9-5-4-8-14(15)17-20-18(25-22-17)23-11-13-10-16(24-21-13)12-6-2-1-3-7-12/h1-10H,11H2. The first-order valence-electron chi connectivity index (χ1n) is 7.52. The molecular formula is C18H12ClN3O3. The fourth-order valence-corrected chi connectivity index (χ4v) is 2.49. The Hall–Kier alpha value is -3.12. The number of nitrogens with zero attached hydrogens (tertiary/aromatic N) is 3. The summed E-state index contributed by atoms with van der Waals surface area (Å²) in [6, 6.07) is 18.7. The summed E-state index contributed by atoms with van der Waals surface area (Å²) in [6.07, 6.45) is 0.0409. The van der Waals surface area contributed by atoms with Crippen LogP contribution in [0.25, 0.3) is 22.7 Å². The molecule has 124 valence electrons. The van der Waals surface area contributed by atoms with E-state index in [0.717, 1.165) is 5.56 Å². The Kier molecular flexibility index (Phi) is 4.18. The zero-order valence-corrected chi connectivity index (χ0v) is 13.7. The minimum absolute atomic E-state index is 0.0409. The summed E-state index contributed by atoms with van der Waals surface area (Å²) in [4.78, 5) is 4.18. The van der Waals surface area contributed by atoms with Crippen molar-refractivity contribution in [1.82, 2.24) is 15.3 Å². The first-order chi connectivity index (χ1) is 12.3. The third-order valence-electron chi connectivity index (χ3n) is 3.48. The molecule has 0 spiro atoms. The van der Waals surface area contributed by atoms with Gasteiger partial charge in [0.05, 0.1) is 5.02 Å². The Balaban J connectivity index is 1.44. The van der Waals surface area contributed by atoms with Crippen molar-refractivity contribution in [2.24, 2.45) is 0 Å². The minimum Gasteiger partial charge on any atom is -0.442 e. The molecule has 0 saturated carbocycles.